The summed E-state index contributed by atoms with van der Waals surface area (Å²) in [7, 11) is -3.79. The molecule has 0 aromatic heterocycles. The zero-order valence-corrected chi connectivity index (χ0v) is 15.8. The van der Waals surface area contributed by atoms with E-state index >= 15 is 0 Å². The fraction of sp³-hybridized carbons (Fsp3) is 0.611. The number of hydrogen-bond acceptors (Lipinski definition) is 6. The first-order valence-corrected chi connectivity index (χ1v) is 10.5. The fourth-order valence-corrected chi connectivity index (χ4v) is 6.20. The third kappa shape index (κ3) is 2.13. The van der Waals surface area contributed by atoms with Crippen LogP contribution in [0.3, 0.4) is 0 Å². The van der Waals surface area contributed by atoms with Crippen molar-refractivity contribution in [3.8, 4) is 11.5 Å². The molecule has 4 aliphatic rings. The maximum Gasteiger partial charge on any atom is 0.534 e. The van der Waals surface area contributed by atoms with Crippen molar-refractivity contribution in [1.29, 1.82) is 0 Å². The van der Waals surface area contributed by atoms with Gasteiger partial charge in [0.1, 0.15) is 0 Å². The van der Waals surface area contributed by atoms with Crippen molar-refractivity contribution in [2.75, 3.05) is 13.6 Å². The lowest BCUT2D eigenvalue weighted by molar-refractivity contribution is -0.138. The molecule has 2 aliphatic heterocycles. The summed E-state index contributed by atoms with van der Waals surface area (Å²) in [5, 5.41) is 0. The Balaban J connectivity index is 1.69. The molecule has 1 spiro atoms. The minimum absolute atomic E-state index is 0.0152. The maximum atomic E-state index is 12.8. The topological polar surface area (TPSA) is 72.9 Å². The Hall–Kier alpha value is -1.81. The molecule has 1 saturated heterocycles. The molecule has 2 fully saturated rings. The highest BCUT2D eigenvalue weighted by Gasteiger charge is 2.65. The SMILES string of the molecule is CN1CCC23c4c5ccc(OS(=O)(=O)C(F)(F)F)c4OC2C(=O)CCC3C1C5. The van der Waals surface area contributed by atoms with E-state index in [-0.39, 0.29) is 23.5 Å². The van der Waals surface area contributed by atoms with Crippen LogP contribution in [-0.2, 0) is 26.7 Å². The summed E-state index contributed by atoms with van der Waals surface area (Å²) in [5.74, 6) is -0.465. The molecule has 10 heteroatoms. The van der Waals surface area contributed by atoms with Crippen LogP contribution in [0.4, 0.5) is 13.2 Å². The Bertz CT molecular complexity index is 992. The van der Waals surface area contributed by atoms with E-state index in [9.17, 15) is 26.4 Å². The molecule has 2 bridgehead atoms. The van der Waals surface area contributed by atoms with Gasteiger partial charge in [-0.15, -0.1) is 0 Å². The highest BCUT2D eigenvalue weighted by atomic mass is 32.2. The summed E-state index contributed by atoms with van der Waals surface area (Å²) < 4.78 is 71.8. The minimum Gasteiger partial charge on any atom is -0.477 e. The van der Waals surface area contributed by atoms with Crippen LogP contribution in [0.25, 0.3) is 0 Å². The number of rotatable bonds is 2. The molecule has 0 N–H and O–H groups in total. The van der Waals surface area contributed by atoms with Crippen LogP contribution in [0.2, 0.25) is 0 Å². The molecular formula is C18H18F3NO5S. The summed E-state index contributed by atoms with van der Waals surface area (Å²) >= 11 is 0. The van der Waals surface area contributed by atoms with Crippen LogP contribution in [0.5, 0.6) is 11.5 Å². The van der Waals surface area contributed by atoms with Crippen LogP contribution in [0.1, 0.15) is 30.4 Å². The lowest BCUT2D eigenvalue weighted by Gasteiger charge is -2.57. The summed E-state index contributed by atoms with van der Waals surface area (Å²) in [6.45, 7) is 0.735. The smallest absolute Gasteiger partial charge is 0.477 e. The first-order chi connectivity index (χ1) is 13.1. The first-order valence-electron chi connectivity index (χ1n) is 9.13. The van der Waals surface area contributed by atoms with Gasteiger partial charge in [-0.25, -0.2) is 0 Å². The Morgan fingerprint density at radius 1 is 1.32 bits per heavy atom. The Morgan fingerprint density at radius 2 is 2.07 bits per heavy atom. The standard InChI is InChI=1S/C18H18F3NO5S/c1-22-7-6-17-10-3-4-12(23)16(17)26-15-13(27-28(24,25)18(19,20)21)5-2-9(14(15)17)8-11(10)22/h2,5,10-11,16H,3-4,6-8H2,1H3. The van der Waals surface area contributed by atoms with Gasteiger partial charge in [-0.2, -0.15) is 21.6 Å². The van der Waals surface area contributed by atoms with Gasteiger partial charge in [0.05, 0.1) is 0 Å². The number of likely N-dealkylation sites (N-methyl/N-ethyl adjacent to an activating group) is 1. The molecule has 1 saturated carbocycles. The van der Waals surface area contributed by atoms with Crippen LogP contribution < -0.4 is 8.92 Å². The quantitative estimate of drug-likeness (QED) is 0.543. The van der Waals surface area contributed by atoms with Crippen LogP contribution in [0.15, 0.2) is 12.1 Å². The molecule has 152 valence electrons. The van der Waals surface area contributed by atoms with Crippen LogP contribution in [-0.4, -0.2) is 50.3 Å². The van der Waals surface area contributed by atoms with Crippen LogP contribution in [0, 0.1) is 5.92 Å². The van der Waals surface area contributed by atoms with Gasteiger partial charge in [0.15, 0.2) is 23.4 Å². The number of likely N-dealkylation sites (tertiary alicyclic amines) is 1. The Kier molecular flexibility index (Phi) is 3.52. The van der Waals surface area contributed by atoms with Crippen molar-refractivity contribution >= 4 is 15.9 Å². The highest BCUT2D eigenvalue weighted by Crippen LogP contribution is 2.63. The van der Waals surface area contributed by atoms with Crippen molar-refractivity contribution in [3.05, 3.63) is 23.3 Å². The number of nitrogens with zero attached hydrogens (tertiary/aromatic N) is 1. The van der Waals surface area contributed by atoms with Gasteiger partial charge in [0, 0.05) is 23.4 Å². The molecule has 2 aliphatic carbocycles. The number of ketones is 1. The predicted molar refractivity (Wildman–Crippen MR) is 90.6 cm³/mol. The zero-order chi connectivity index (χ0) is 20.1. The largest absolute Gasteiger partial charge is 0.534 e. The molecule has 0 amide bonds. The van der Waals surface area contributed by atoms with Crippen molar-refractivity contribution in [3.63, 3.8) is 0 Å². The van der Waals surface area contributed by atoms with E-state index in [1.807, 2.05) is 7.05 Å². The third-order valence-corrected chi connectivity index (χ3v) is 7.82. The third-order valence-electron chi connectivity index (χ3n) is 6.85. The molecule has 6 nitrogen and oxygen atoms in total. The molecule has 28 heavy (non-hydrogen) atoms. The summed E-state index contributed by atoms with van der Waals surface area (Å²) in [4.78, 5) is 14.9. The average Bonchev–Trinajstić information content (AvgIpc) is 2.96. The fourth-order valence-electron chi connectivity index (χ4n) is 5.74. The monoisotopic (exact) mass is 417 g/mol. The predicted octanol–water partition coefficient (Wildman–Crippen LogP) is 2.15. The number of ether oxygens (including phenoxy) is 1. The van der Waals surface area contributed by atoms with Crippen molar-refractivity contribution in [2.45, 2.75) is 48.8 Å². The number of carbonyl (C=O) groups excluding carboxylic acids is 1. The molecule has 1 aromatic carbocycles. The van der Waals surface area contributed by atoms with E-state index in [2.05, 4.69) is 9.08 Å². The summed E-state index contributed by atoms with van der Waals surface area (Å²) in [5.41, 5.74) is -4.60. The second-order valence-electron chi connectivity index (χ2n) is 8.06. The van der Waals surface area contributed by atoms with Gasteiger partial charge in [0.25, 0.3) is 0 Å². The lowest BCUT2D eigenvalue weighted by atomic mass is 9.52. The van der Waals surface area contributed by atoms with E-state index in [1.165, 1.54) is 6.07 Å². The minimum atomic E-state index is -5.83. The van der Waals surface area contributed by atoms with E-state index < -0.39 is 32.9 Å². The van der Waals surface area contributed by atoms with Gasteiger partial charge in [0.2, 0.25) is 0 Å². The van der Waals surface area contributed by atoms with Crippen molar-refractivity contribution < 1.29 is 35.3 Å². The van der Waals surface area contributed by atoms with E-state index in [1.54, 1.807) is 6.07 Å². The van der Waals surface area contributed by atoms with E-state index in [4.69, 9.17) is 4.74 Å². The number of piperidine rings is 1. The number of alkyl halides is 3. The van der Waals surface area contributed by atoms with Crippen molar-refractivity contribution in [2.24, 2.45) is 5.92 Å². The van der Waals surface area contributed by atoms with Crippen LogP contribution >= 0.6 is 0 Å². The van der Waals surface area contributed by atoms with Crippen molar-refractivity contribution in [1.82, 2.24) is 4.90 Å². The molecule has 4 unspecified atom stereocenters. The normalized spacial score (nSPS) is 34.0. The second kappa shape index (κ2) is 5.41. The average molecular weight is 417 g/mol. The second-order valence-corrected chi connectivity index (χ2v) is 9.60. The Labute approximate surface area is 159 Å². The number of halogens is 3. The van der Waals surface area contributed by atoms with Gasteiger partial charge in [-0.3, -0.25) is 4.79 Å². The molecule has 5 rings (SSSR count). The van der Waals surface area contributed by atoms with E-state index in [0.717, 1.165) is 12.1 Å². The molecular weight excluding hydrogens is 399 g/mol. The number of benzene rings is 1. The Morgan fingerprint density at radius 3 is 2.79 bits per heavy atom. The molecule has 1 aromatic rings. The van der Waals surface area contributed by atoms with Gasteiger partial charge < -0.3 is 13.8 Å². The summed E-state index contributed by atoms with van der Waals surface area (Å²) in [6.07, 6.45) is 1.56. The number of hydrogen-bond donors (Lipinski definition) is 0. The highest BCUT2D eigenvalue weighted by molar-refractivity contribution is 7.88. The molecule has 0 radical (unpaired) electrons. The number of carbonyl (C=O) groups is 1. The van der Waals surface area contributed by atoms with Gasteiger partial charge >= 0.3 is 15.6 Å². The maximum absolute atomic E-state index is 12.8. The molecule has 2 heterocycles. The van der Waals surface area contributed by atoms with Gasteiger partial charge in [-0.05, 0) is 50.4 Å². The zero-order valence-electron chi connectivity index (χ0n) is 15.0. The summed E-state index contributed by atoms with van der Waals surface area (Å²) in [6, 6.07) is 3.03. The first kappa shape index (κ1) is 18.2. The molecule has 4 atom stereocenters. The number of Topliss-reactive ketones (excluding diaryl/α,β-unsaturated/α-hetero) is 1. The van der Waals surface area contributed by atoms with Gasteiger partial charge in [-0.1, -0.05) is 6.07 Å². The lowest BCUT2D eigenvalue weighted by Crippen LogP contribution is -2.65. The van der Waals surface area contributed by atoms with E-state index in [0.29, 0.717) is 31.2 Å².